The number of hydrogen-bond acceptors (Lipinski definition) is 2. The van der Waals surface area contributed by atoms with E-state index in [1.54, 1.807) is 6.92 Å². The Morgan fingerprint density at radius 2 is 2.00 bits per heavy atom. The van der Waals surface area contributed by atoms with E-state index in [4.69, 9.17) is 0 Å². The summed E-state index contributed by atoms with van der Waals surface area (Å²) in [5.41, 5.74) is 4.35. The van der Waals surface area contributed by atoms with Crippen LogP contribution in [0.25, 0.3) is 5.57 Å². The fraction of sp³-hybridized carbons (Fsp3) is 0.400. The first-order chi connectivity index (χ1) is 10.6. The number of aromatic nitrogens is 1. The summed E-state index contributed by atoms with van der Waals surface area (Å²) in [5.74, 6) is 0.281. The Morgan fingerprint density at radius 1 is 1.23 bits per heavy atom. The number of allylic oxidation sites excluding steroid dienone is 5. The predicted molar refractivity (Wildman–Crippen MR) is 94.6 cm³/mol. The van der Waals surface area contributed by atoms with Gasteiger partial charge in [0.1, 0.15) is 5.78 Å². The van der Waals surface area contributed by atoms with Crippen LogP contribution < -0.4 is 0 Å². The molecule has 0 atom stereocenters. The molecule has 1 aromatic heterocycles. The van der Waals surface area contributed by atoms with Crippen LogP contribution >= 0.6 is 0 Å². The lowest BCUT2D eigenvalue weighted by Crippen LogP contribution is -1.95. The maximum Gasteiger partial charge on any atom is 0.129 e. The van der Waals surface area contributed by atoms with Crippen LogP contribution in [0.15, 0.2) is 54.3 Å². The third-order valence-electron chi connectivity index (χ3n) is 3.56. The minimum atomic E-state index is 0.281. The number of pyridine rings is 1. The first-order valence-electron chi connectivity index (χ1n) is 7.99. The van der Waals surface area contributed by atoms with Crippen molar-refractivity contribution in [1.29, 1.82) is 0 Å². The van der Waals surface area contributed by atoms with Crippen molar-refractivity contribution in [1.82, 2.24) is 4.98 Å². The number of ketones is 1. The Morgan fingerprint density at radius 3 is 2.55 bits per heavy atom. The Bertz CT molecular complexity index is 552. The highest BCUT2D eigenvalue weighted by Crippen LogP contribution is 2.27. The van der Waals surface area contributed by atoms with Gasteiger partial charge in [-0.05, 0) is 57.7 Å². The van der Waals surface area contributed by atoms with Crippen molar-refractivity contribution in [3.63, 3.8) is 0 Å². The zero-order valence-corrected chi connectivity index (χ0v) is 14.1. The Balaban J connectivity index is 2.76. The van der Waals surface area contributed by atoms with Crippen LogP contribution in [-0.4, -0.2) is 10.8 Å². The maximum atomic E-state index is 10.9. The van der Waals surface area contributed by atoms with E-state index in [-0.39, 0.29) is 5.78 Å². The van der Waals surface area contributed by atoms with E-state index in [0.29, 0.717) is 6.42 Å². The predicted octanol–water partition coefficient (Wildman–Crippen LogP) is 5.53. The van der Waals surface area contributed by atoms with Gasteiger partial charge in [-0.25, -0.2) is 0 Å². The highest BCUT2D eigenvalue weighted by molar-refractivity contribution is 5.81. The van der Waals surface area contributed by atoms with E-state index in [9.17, 15) is 4.79 Å². The minimum Gasteiger partial charge on any atom is -0.300 e. The molecule has 0 amide bonds. The second-order valence-electron chi connectivity index (χ2n) is 5.62. The third kappa shape index (κ3) is 6.21. The molecule has 0 radical (unpaired) electrons. The molecule has 0 aliphatic rings. The largest absolute Gasteiger partial charge is 0.300 e. The van der Waals surface area contributed by atoms with E-state index < -0.39 is 0 Å². The number of Topliss-reactive ketones (excluding diaryl/α,β-unsaturated/α-hetero) is 1. The number of rotatable bonds is 9. The third-order valence-corrected chi connectivity index (χ3v) is 3.56. The first-order valence-corrected chi connectivity index (χ1v) is 7.99. The van der Waals surface area contributed by atoms with E-state index in [2.05, 4.69) is 23.7 Å². The molecule has 2 heteroatoms. The summed E-state index contributed by atoms with van der Waals surface area (Å²) < 4.78 is 0. The molecule has 0 N–H and O–H groups in total. The fourth-order valence-corrected chi connectivity index (χ4v) is 2.45. The summed E-state index contributed by atoms with van der Waals surface area (Å²) in [6, 6.07) is 5.97. The molecule has 1 aromatic rings. The van der Waals surface area contributed by atoms with Crippen LogP contribution in [0, 0.1) is 0 Å². The monoisotopic (exact) mass is 297 g/mol. The van der Waals surface area contributed by atoms with Gasteiger partial charge in [-0.3, -0.25) is 4.98 Å². The average molecular weight is 297 g/mol. The zero-order chi connectivity index (χ0) is 16.4. The summed E-state index contributed by atoms with van der Waals surface area (Å²) >= 11 is 0. The van der Waals surface area contributed by atoms with Crippen molar-refractivity contribution in [2.24, 2.45) is 0 Å². The number of carbonyl (C=O) groups excluding carboxylic acids is 1. The average Bonchev–Trinajstić information content (AvgIpc) is 2.49. The second-order valence-corrected chi connectivity index (χ2v) is 5.62. The molecule has 0 saturated carbocycles. The lowest BCUT2D eigenvalue weighted by Gasteiger charge is -2.12. The summed E-state index contributed by atoms with van der Waals surface area (Å²) in [7, 11) is 0. The molecule has 0 aromatic carbocycles. The van der Waals surface area contributed by atoms with E-state index in [1.807, 2.05) is 38.2 Å². The van der Waals surface area contributed by atoms with Gasteiger partial charge in [-0.1, -0.05) is 36.8 Å². The quantitative estimate of drug-likeness (QED) is 0.443. The SMILES string of the molecule is C=C(C)C(=CC)C(=CCCCCCC(C)=O)c1ccccn1. The molecule has 0 bridgehead atoms. The molecule has 118 valence electrons. The summed E-state index contributed by atoms with van der Waals surface area (Å²) in [4.78, 5) is 15.4. The van der Waals surface area contributed by atoms with Crippen LogP contribution in [0.2, 0.25) is 0 Å². The minimum absolute atomic E-state index is 0.281. The summed E-state index contributed by atoms with van der Waals surface area (Å²) in [5, 5.41) is 0. The van der Waals surface area contributed by atoms with Gasteiger partial charge < -0.3 is 4.79 Å². The molecule has 0 aliphatic carbocycles. The molecule has 0 unspecified atom stereocenters. The highest BCUT2D eigenvalue weighted by atomic mass is 16.1. The van der Waals surface area contributed by atoms with E-state index >= 15 is 0 Å². The Hall–Kier alpha value is -1.96. The molecular formula is C20H27NO. The van der Waals surface area contributed by atoms with Crippen molar-refractivity contribution in [2.75, 3.05) is 0 Å². The Kier molecular flexibility index (Phi) is 8.13. The van der Waals surface area contributed by atoms with Crippen LogP contribution in [0.5, 0.6) is 0 Å². The molecule has 22 heavy (non-hydrogen) atoms. The number of unbranched alkanes of at least 4 members (excludes halogenated alkanes) is 3. The second kappa shape index (κ2) is 9.88. The number of carbonyl (C=O) groups is 1. The highest BCUT2D eigenvalue weighted by Gasteiger charge is 2.08. The molecular weight excluding hydrogens is 270 g/mol. The van der Waals surface area contributed by atoms with Gasteiger partial charge in [-0.2, -0.15) is 0 Å². The van der Waals surface area contributed by atoms with E-state index in [0.717, 1.165) is 48.1 Å². The number of hydrogen-bond donors (Lipinski definition) is 0. The topological polar surface area (TPSA) is 30.0 Å². The first kappa shape index (κ1) is 18.1. The van der Waals surface area contributed by atoms with Crippen molar-refractivity contribution < 1.29 is 4.79 Å². The lowest BCUT2D eigenvalue weighted by atomic mass is 9.95. The molecule has 0 fully saturated rings. The van der Waals surface area contributed by atoms with Crippen LogP contribution in [-0.2, 0) is 4.79 Å². The zero-order valence-electron chi connectivity index (χ0n) is 14.1. The molecule has 2 nitrogen and oxygen atoms in total. The van der Waals surface area contributed by atoms with E-state index in [1.165, 1.54) is 0 Å². The van der Waals surface area contributed by atoms with Crippen molar-refractivity contribution >= 4 is 11.4 Å². The molecule has 1 rings (SSSR count). The summed E-state index contributed by atoms with van der Waals surface area (Å²) in [6.07, 6.45) is 11.0. The molecule has 0 saturated heterocycles. The maximum absolute atomic E-state index is 10.9. The fourth-order valence-electron chi connectivity index (χ4n) is 2.45. The van der Waals surface area contributed by atoms with Crippen LogP contribution in [0.1, 0.15) is 58.6 Å². The standard InChI is InChI=1S/C20H27NO/c1-5-18(16(2)3)19(20-14-10-11-15-21-20)13-9-7-6-8-12-17(4)22/h5,10-11,13-15H,2,6-9,12H2,1,3-4H3. The van der Waals surface area contributed by atoms with Gasteiger partial charge in [-0.15, -0.1) is 0 Å². The van der Waals surface area contributed by atoms with Crippen molar-refractivity contribution in [3.8, 4) is 0 Å². The van der Waals surface area contributed by atoms with Gasteiger partial charge in [0.2, 0.25) is 0 Å². The molecule has 1 heterocycles. The van der Waals surface area contributed by atoms with Gasteiger partial charge in [0.05, 0.1) is 5.69 Å². The van der Waals surface area contributed by atoms with Gasteiger partial charge in [0.25, 0.3) is 0 Å². The lowest BCUT2D eigenvalue weighted by molar-refractivity contribution is -0.117. The van der Waals surface area contributed by atoms with Gasteiger partial charge in [0.15, 0.2) is 0 Å². The summed E-state index contributed by atoms with van der Waals surface area (Å²) in [6.45, 7) is 9.79. The Labute approximate surface area is 134 Å². The molecule has 0 spiro atoms. The van der Waals surface area contributed by atoms with Crippen LogP contribution in [0.4, 0.5) is 0 Å². The normalized spacial score (nSPS) is 12.3. The smallest absolute Gasteiger partial charge is 0.129 e. The van der Waals surface area contributed by atoms with Crippen molar-refractivity contribution in [2.45, 2.75) is 52.9 Å². The van der Waals surface area contributed by atoms with Crippen LogP contribution in [0.3, 0.4) is 0 Å². The molecule has 0 aliphatic heterocycles. The number of nitrogens with zero attached hydrogens (tertiary/aromatic N) is 1. The van der Waals surface area contributed by atoms with Gasteiger partial charge >= 0.3 is 0 Å². The van der Waals surface area contributed by atoms with Gasteiger partial charge in [0, 0.05) is 18.2 Å². The van der Waals surface area contributed by atoms with Crippen molar-refractivity contribution in [3.05, 3.63) is 60.0 Å².